The zero-order valence-electron chi connectivity index (χ0n) is 10.5. The summed E-state index contributed by atoms with van der Waals surface area (Å²) in [5.41, 5.74) is 1.04. The maximum absolute atomic E-state index is 12.0. The Labute approximate surface area is 111 Å². The largest absolute Gasteiger partial charge is 0.480 e. The van der Waals surface area contributed by atoms with Crippen LogP contribution in [0.15, 0.2) is 18.2 Å². The average molecular weight is 270 g/mol. The van der Waals surface area contributed by atoms with Crippen LogP contribution in [0.5, 0.6) is 0 Å². The van der Waals surface area contributed by atoms with Crippen LogP contribution in [0.4, 0.5) is 0 Å². The minimum absolute atomic E-state index is 0.189. The van der Waals surface area contributed by atoms with Crippen molar-refractivity contribution in [2.45, 2.75) is 26.8 Å². The van der Waals surface area contributed by atoms with Gasteiger partial charge in [-0.25, -0.2) is 4.79 Å². The number of amides is 1. The third-order valence-corrected chi connectivity index (χ3v) is 3.14. The second kappa shape index (κ2) is 5.87. The lowest BCUT2D eigenvalue weighted by atomic mass is 10.0. The van der Waals surface area contributed by atoms with E-state index in [9.17, 15) is 9.59 Å². The van der Waals surface area contributed by atoms with Crippen LogP contribution in [0.1, 0.15) is 29.8 Å². The summed E-state index contributed by atoms with van der Waals surface area (Å²) in [4.78, 5) is 23.0. The molecule has 0 aromatic heterocycles. The van der Waals surface area contributed by atoms with Gasteiger partial charge in [0.15, 0.2) is 0 Å². The van der Waals surface area contributed by atoms with Gasteiger partial charge in [-0.1, -0.05) is 31.5 Å². The monoisotopic (exact) mass is 269 g/mol. The van der Waals surface area contributed by atoms with Crippen molar-refractivity contribution >= 4 is 23.5 Å². The predicted octanol–water partition coefficient (Wildman–Crippen LogP) is 2.49. The fourth-order valence-corrected chi connectivity index (χ4v) is 1.76. The summed E-state index contributed by atoms with van der Waals surface area (Å²) in [6.07, 6.45) is 0. The van der Waals surface area contributed by atoms with Crippen LogP contribution in [0.3, 0.4) is 0 Å². The lowest BCUT2D eigenvalue weighted by Crippen LogP contribution is -2.44. The average Bonchev–Trinajstić information content (AvgIpc) is 2.28. The molecule has 0 saturated heterocycles. The van der Waals surface area contributed by atoms with Gasteiger partial charge in [0.2, 0.25) is 0 Å². The third kappa shape index (κ3) is 3.23. The van der Waals surface area contributed by atoms with Gasteiger partial charge < -0.3 is 10.4 Å². The Bertz CT molecular complexity index is 471. The van der Waals surface area contributed by atoms with E-state index in [0.29, 0.717) is 16.1 Å². The Balaban J connectivity index is 2.94. The zero-order chi connectivity index (χ0) is 13.9. The molecule has 1 amide bonds. The maximum Gasteiger partial charge on any atom is 0.326 e. The van der Waals surface area contributed by atoms with Gasteiger partial charge in [0, 0.05) is 10.6 Å². The van der Waals surface area contributed by atoms with E-state index >= 15 is 0 Å². The first-order chi connectivity index (χ1) is 8.34. The van der Waals surface area contributed by atoms with Gasteiger partial charge >= 0.3 is 5.97 Å². The number of aliphatic carboxylic acids is 1. The molecule has 0 aliphatic rings. The Hall–Kier alpha value is -1.55. The lowest BCUT2D eigenvalue weighted by Gasteiger charge is -2.18. The smallest absolute Gasteiger partial charge is 0.326 e. The first-order valence-electron chi connectivity index (χ1n) is 5.63. The van der Waals surface area contributed by atoms with Gasteiger partial charge in [0.1, 0.15) is 6.04 Å². The van der Waals surface area contributed by atoms with Crippen molar-refractivity contribution < 1.29 is 14.7 Å². The summed E-state index contributed by atoms with van der Waals surface area (Å²) in [6, 6.07) is 4.06. The molecule has 1 unspecified atom stereocenters. The van der Waals surface area contributed by atoms with Gasteiger partial charge in [-0.3, -0.25) is 4.79 Å². The number of nitrogens with one attached hydrogen (secondary N) is 1. The zero-order valence-corrected chi connectivity index (χ0v) is 11.3. The predicted molar refractivity (Wildman–Crippen MR) is 69.9 cm³/mol. The second-order valence-electron chi connectivity index (χ2n) is 4.45. The number of carboxylic acids is 1. The van der Waals surface area contributed by atoms with Gasteiger partial charge in [0.25, 0.3) is 5.91 Å². The number of hydrogen-bond acceptors (Lipinski definition) is 2. The fraction of sp³-hybridized carbons (Fsp3) is 0.385. The van der Waals surface area contributed by atoms with Crippen molar-refractivity contribution in [2.24, 2.45) is 5.92 Å². The van der Waals surface area contributed by atoms with Gasteiger partial charge in [-0.15, -0.1) is 0 Å². The highest BCUT2D eigenvalue weighted by Gasteiger charge is 2.24. The first kappa shape index (κ1) is 14.5. The molecule has 0 aliphatic carbocycles. The van der Waals surface area contributed by atoms with Crippen LogP contribution < -0.4 is 5.32 Å². The molecule has 1 aromatic carbocycles. The minimum atomic E-state index is -1.04. The van der Waals surface area contributed by atoms with E-state index in [1.807, 2.05) is 0 Å². The molecule has 1 aromatic rings. The van der Waals surface area contributed by atoms with Crippen molar-refractivity contribution in [3.8, 4) is 0 Å². The summed E-state index contributed by atoms with van der Waals surface area (Å²) in [7, 11) is 0. The van der Waals surface area contributed by atoms with E-state index < -0.39 is 17.9 Å². The van der Waals surface area contributed by atoms with Crippen LogP contribution >= 0.6 is 11.6 Å². The number of rotatable bonds is 4. The van der Waals surface area contributed by atoms with E-state index in [2.05, 4.69) is 5.32 Å². The number of carbonyl (C=O) groups is 2. The van der Waals surface area contributed by atoms with Crippen LogP contribution in [0, 0.1) is 12.8 Å². The number of benzene rings is 1. The SMILES string of the molecule is Cc1c(Cl)cccc1C(=O)NC(C(=O)O)C(C)C. The Morgan fingerprint density at radius 1 is 1.33 bits per heavy atom. The van der Waals surface area contributed by atoms with Crippen LogP contribution in [0.2, 0.25) is 5.02 Å². The molecular formula is C13H16ClNO3. The fourth-order valence-electron chi connectivity index (χ4n) is 1.59. The highest BCUT2D eigenvalue weighted by Crippen LogP contribution is 2.19. The number of carbonyl (C=O) groups excluding carboxylic acids is 1. The van der Waals surface area contributed by atoms with Gasteiger partial charge in [0.05, 0.1) is 0 Å². The van der Waals surface area contributed by atoms with E-state index in [0.717, 1.165) is 0 Å². The van der Waals surface area contributed by atoms with Crippen molar-refractivity contribution in [3.63, 3.8) is 0 Å². The van der Waals surface area contributed by atoms with Gasteiger partial charge in [-0.2, -0.15) is 0 Å². The summed E-state index contributed by atoms with van der Waals surface area (Å²) in [6.45, 7) is 5.20. The normalized spacial score (nSPS) is 12.3. The molecule has 0 radical (unpaired) electrons. The minimum Gasteiger partial charge on any atom is -0.480 e. The summed E-state index contributed by atoms with van der Waals surface area (Å²) in [5, 5.41) is 12.0. The van der Waals surface area contributed by atoms with Crippen molar-refractivity contribution in [2.75, 3.05) is 0 Å². The number of carboxylic acid groups (broad SMARTS) is 1. The number of halogens is 1. The number of hydrogen-bond donors (Lipinski definition) is 2. The Morgan fingerprint density at radius 2 is 1.94 bits per heavy atom. The quantitative estimate of drug-likeness (QED) is 0.882. The molecule has 18 heavy (non-hydrogen) atoms. The molecule has 0 spiro atoms. The molecule has 0 fully saturated rings. The first-order valence-corrected chi connectivity index (χ1v) is 6.01. The lowest BCUT2D eigenvalue weighted by molar-refractivity contribution is -0.140. The summed E-state index contributed by atoms with van der Waals surface area (Å²) >= 11 is 5.92. The molecule has 0 saturated carbocycles. The van der Waals surface area contributed by atoms with Crippen LogP contribution in [-0.4, -0.2) is 23.0 Å². The Kier molecular flexibility index (Phi) is 4.73. The van der Waals surface area contributed by atoms with Crippen molar-refractivity contribution in [1.29, 1.82) is 0 Å². The maximum atomic E-state index is 12.0. The molecular weight excluding hydrogens is 254 g/mol. The molecule has 5 heteroatoms. The molecule has 98 valence electrons. The van der Waals surface area contributed by atoms with Gasteiger partial charge in [-0.05, 0) is 30.5 Å². The second-order valence-corrected chi connectivity index (χ2v) is 4.85. The van der Waals surface area contributed by atoms with E-state index in [1.165, 1.54) is 0 Å². The highest BCUT2D eigenvalue weighted by atomic mass is 35.5. The van der Waals surface area contributed by atoms with Crippen molar-refractivity contribution in [3.05, 3.63) is 34.3 Å². The van der Waals surface area contributed by atoms with Crippen molar-refractivity contribution in [1.82, 2.24) is 5.32 Å². The van der Waals surface area contributed by atoms with E-state index in [-0.39, 0.29) is 5.92 Å². The molecule has 4 nitrogen and oxygen atoms in total. The molecule has 0 bridgehead atoms. The van der Waals surface area contributed by atoms with Crippen LogP contribution in [-0.2, 0) is 4.79 Å². The molecule has 0 heterocycles. The topological polar surface area (TPSA) is 66.4 Å². The molecule has 2 N–H and O–H groups in total. The molecule has 1 atom stereocenters. The van der Waals surface area contributed by atoms with Crippen LogP contribution in [0.25, 0.3) is 0 Å². The Morgan fingerprint density at radius 3 is 2.44 bits per heavy atom. The molecule has 1 rings (SSSR count). The third-order valence-electron chi connectivity index (χ3n) is 2.73. The van der Waals surface area contributed by atoms with E-state index in [1.54, 1.807) is 39.0 Å². The molecule has 0 aliphatic heterocycles. The standard InChI is InChI=1S/C13H16ClNO3/c1-7(2)11(13(17)18)15-12(16)9-5-4-6-10(14)8(9)3/h4-7,11H,1-3H3,(H,15,16)(H,17,18). The highest BCUT2D eigenvalue weighted by molar-refractivity contribution is 6.31. The van der Waals surface area contributed by atoms with E-state index in [4.69, 9.17) is 16.7 Å². The summed E-state index contributed by atoms with van der Waals surface area (Å²) in [5.74, 6) is -1.65. The summed E-state index contributed by atoms with van der Waals surface area (Å²) < 4.78 is 0.